The fraction of sp³-hybridized carbons (Fsp3) is 0.821. The highest BCUT2D eigenvalue weighted by Crippen LogP contribution is 2.34. The SMILES string of the molecule is C=CCCCCCCCCCCC[N+](C(CCC)C(=O)O)(C(CCC)C(=O)O)C(CCC)C(=O)O. The number of carbonyl (C=O) groups is 3. The maximum atomic E-state index is 12.5. The van der Waals surface area contributed by atoms with Crippen LogP contribution in [0.2, 0.25) is 0 Å². The van der Waals surface area contributed by atoms with Gasteiger partial charge in [-0.05, 0) is 44.9 Å². The zero-order valence-electron chi connectivity index (χ0n) is 22.6. The summed E-state index contributed by atoms with van der Waals surface area (Å²) < 4.78 is -0.376. The summed E-state index contributed by atoms with van der Waals surface area (Å²) in [5.74, 6) is -3.27. The Morgan fingerprint density at radius 3 is 1.23 bits per heavy atom. The number of quaternary nitrogens is 1. The van der Waals surface area contributed by atoms with Gasteiger partial charge >= 0.3 is 17.9 Å². The van der Waals surface area contributed by atoms with Gasteiger partial charge in [-0.15, -0.1) is 6.58 Å². The lowest BCUT2D eigenvalue weighted by molar-refractivity contribution is -0.973. The zero-order chi connectivity index (χ0) is 26.7. The van der Waals surface area contributed by atoms with E-state index in [1.54, 1.807) is 0 Å². The first kappa shape index (κ1) is 33.1. The lowest BCUT2D eigenvalue weighted by atomic mass is 9.91. The normalized spacial score (nSPS) is 15.6. The Bertz CT molecular complexity index is 561. The van der Waals surface area contributed by atoms with Crippen LogP contribution >= 0.6 is 0 Å². The molecule has 0 aromatic heterocycles. The number of unbranched alkanes of at least 4 members (excludes halogenated alkanes) is 9. The lowest BCUT2D eigenvalue weighted by Crippen LogP contribution is -2.72. The standard InChI is InChI=1S/C28H51NO6/c1-5-9-10-11-12-13-14-15-16-17-18-22-29(23(19-6-2)26(30)31,24(20-7-3)27(32)33)25(21-8-4)28(34)35/h5,23-25H,1,6-22H2,2-4H3,(H2-,30,31,32,33,34,35)/p+1. The first-order valence-electron chi connectivity index (χ1n) is 13.9. The van der Waals surface area contributed by atoms with Crippen LogP contribution in [0.4, 0.5) is 0 Å². The maximum Gasteiger partial charge on any atom is 0.362 e. The number of carboxylic acid groups (broad SMARTS) is 3. The van der Waals surface area contributed by atoms with E-state index in [1.165, 1.54) is 25.7 Å². The summed E-state index contributed by atoms with van der Waals surface area (Å²) in [6, 6.07) is -3.14. The first-order valence-corrected chi connectivity index (χ1v) is 13.9. The summed E-state index contributed by atoms with van der Waals surface area (Å²) in [7, 11) is 0. The van der Waals surface area contributed by atoms with E-state index in [9.17, 15) is 29.7 Å². The largest absolute Gasteiger partial charge is 0.477 e. The molecule has 0 fully saturated rings. The van der Waals surface area contributed by atoms with E-state index in [-0.39, 0.29) is 30.3 Å². The Labute approximate surface area is 213 Å². The molecule has 35 heavy (non-hydrogen) atoms. The molecule has 0 radical (unpaired) electrons. The van der Waals surface area contributed by atoms with Crippen molar-refractivity contribution in [2.45, 2.75) is 142 Å². The highest BCUT2D eigenvalue weighted by molar-refractivity contribution is 5.78. The Hall–Kier alpha value is -1.89. The number of nitrogens with zero attached hydrogens (tertiary/aromatic N) is 1. The second kappa shape index (κ2) is 19.3. The van der Waals surface area contributed by atoms with Crippen LogP contribution in [-0.4, -0.2) is 62.4 Å². The Morgan fingerprint density at radius 2 is 0.943 bits per heavy atom. The Kier molecular flexibility index (Phi) is 18.3. The van der Waals surface area contributed by atoms with Gasteiger partial charge in [-0.25, -0.2) is 14.4 Å². The van der Waals surface area contributed by atoms with Gasteiger partial charge in [0, 0.05) is 19.3 Å². The van der Waals surface area contributed by atoms with E-state index in [4.69, 9.17) is 0 Å². The number of rotatable bonds is 24. The van der Waals surface area contributed by atoms with Gasteiger partial charge in [0.05, 0.1) is 6.54 Å². The molecule has 0 rings (SSSR count). The molecule has 0 aliphatic heterocycles. The van der Waals surface area contributed by atoms with Gasteiger partial charge < -0.3 is 15.3 Å². The van der Waals surface area contributed by atoms with Crippen molar-refractivity contribution in [1.82, 2.24) is 0 Å². The van der Waals surface area contributed by atoms with Crippen molar-refractivity contribution in [3.05, 3.63) is 12.7 Å². The zero-order valence-corrected chi connectivity index (χ0v) is 22.6. The van der Waals surface area contributed by atoms with Crippen molar-refractivity contribution >= 4 is 17.9 Å². The molecular weight excluding hydrogens is 446 g/mol. The minimum atomic E-state index is -1.09. The van der Waals surface area contributed by atoms with Gasteiger partial charge in [-0.2, -0.15) is 0 Å². The van der Waals surface area contributed by atoms with Crippen LogP contribution in [0.25, 0.3) is 0 Å². The first-order chi connectivity index (χ1) is 16.7. The third-order valence-electron chi connectivity index (χ3n) is 7.24. The van der Waals surface area contributed by atoms with Crippen LogP contribution in [0, 0.1) is 0 Å². The number of aliphatic carboxylic acids is 3. The van der Waals surface area contributed by atoms with Crippen LogP contribution in [0.15, 0.2) is 12.7 Å². The lowest BCUT2D eigenvalue weighted by Gasteiger charge is -2.50. The molecule has 0 aromatic rings. The summed E-state index contributed by atoms with van der Waals surface area (Å²) in [5, 5.41) is 30.6. The third-order valence-corrected chi connectivity index (χ3v) is 7.24. The summed E-state index contributed by atoms with van der Waals surface area (Å²) in [5.41, 5.74) is 0. The second-order valence-electron chi connectivity index (χ2n) is 9.91. The summed E-state index contributed by atoms with van der Waals surface area (Å²) in [6.07, 6.45) is 15.1. The number of hydrogen-bond donors (Lipinski definition) is 3. The van der Waals surface area contributed by atoms with Gasteiger partial charge in [-0.3, -0.25) is 4.48 Å². The molecule has 204 valence electrons. The van der Waals surface area contributed by atoms with E-state index in [0.717, 1.165) is 32.1 Å². The molecule has 0 aromatic carbocycles. The van der Waals surface area contributed by atoms with E-state index in [2.05, 4.69) is 6.58 Å². The average molecular weight is 499 g/mol. The number of hydrogen-bond acceptors (Lipinski definition) is 3. The van der Waals surface area contributed by atoms with Crippen LogP contribution in [0.3, 0.4) is 0 Å². The fourth-order valence-electron chi connectivity index (χ4n) is 5.56. The molecule has 0 bridgehead atoms. The molecule has 0 saturated carbocycles. The van der Waals surface area contributed by atoms with E-state index in [1.807, 2.05) is 26.8 Å². The van der Waals surface area contributed by atoms with Crippen molar-refractivity contribution < 1.29 is 34.2 Å². The molecular formula is C28H52NO6+. The monoisotopic (exact) mass is 498 g/mol. The van der Waals surface area contributed by atoms with Crippen molar-refractivity contribution in [1.29, 1.82) is 0 Å². The van der Waals surface area contributed by atoms with E-state index in [0.29, 0.717) is 25.7 Å². The van der Waals surface area contributed by atoms with Crippen molar-refractivity contribution in [2.24, 2.45) is 0 Å². The quantitative estimate of drug-likeness (QED) is 0.0780. The predicted molar refractivity (Wildman–Crippen MR) is 140 cm³/mol. The van der Waals surface area contributed by atoms with Gasteiger partial charge in [-0.1, -0.05) is 65.4 Å². The topological polar surface area (TPSA) is 112 Å². The predicted octanol–water partition coefficient (Wildman–Crippen LogP) is 6.65. The minimum absolute atomic E-state index is 0.266. The Balaban J connectivity index is 5.67. The second-order valence-corrected chi connectivity index (χ2v) is 9.91. The number of carboxylic acids is 3. The van der Waals surface area contributed by atoms with Crippen LogP contribution in [0.1, 0.15) is 124 Å². The number of allylic oxidation sites excluding steroid dienone is 1. The molecule has 3 atom stereocenters. The molecule has 0 aliphatic rings. The highest BCUT2D eigenvalue weighted by Gasteiger charge is 2.56. The molecule has 3 N–H and O–H groups in total. The van der Waals surface area contributed by atoms with Crippen LogP contribution < -0.4 is 0 Å². The summed E-state index contributed by atoms with van der Waals surface area (Å²) in [4.78, 5) is 37.5. The van der Waals surface area contributed by atoms with Gasteiger partial charge in [0.15, 0.2) is 18.1 Å². The maximum absolute atomic E-state index is 12.5. The van der Waals surface area contributed by atoms with Crippen LogP contribution in [-0.2, 0) is 14.4 Å². The van der Waals surface area contributed by atoms with E-state index < -0.39 is 36.0 Å². The molecule has 0 amide bonds. The minimum Gasteiger partial charge on any atom is -0.477 e. The molecule has 7 nitrogen and oxygen atoms in total. The van der Waals surface area contributed by atoms with Gasteiger partial charge in [0.1, 0.15) is 0 Å². The highest BCUT2D eigenvalue weighted by atomic mass is 16.4. The molecule has 0 heterocycles. The summed E-state index contributed by atoms with van der Waals surface area (Å²) in [6.45, 7) is 9.62. The van der Waals surface area contributed by atoms with E-state index >= 15 is 0 Å². The Morgan fingerprint density at radius 1 is 0.629 bits per heavy atom. The smallest absolute Gasteiger partial charge is 0.362 e. The third kappa shape index (κ3) is 11.1. The van der Waals surface area contributed by atoms with Gasteiger partial charge in [0.2, 0.25) is 0 Å². The van der Waals surface area contributed by atoms with Crippen molar-refractivity contribution in [3.8, 4) is 0 Å². The van der Waals surface area contributed by atoms with Crippen LogP contribution in [0.5, 0.6) is 0 Å². The molecule has 3 unspecified atom stereocenters. The molecule has 0 spiro atoms. The fourth-order valence-corrected chi connectivity index (χ4v) is 5.56. The summed E-state index contributed by atoms with van der Waals surface area (Å²) >= 11 is 0. The van der Waals surface area contributed by atoms with Crippen molar-refractivity contribution in [2.75, 3.05) is 6.54 Å². The van der Waals surface area contributed by atoms with Crippen molar-refractivity contribution in [3.63, 3.8) is 0 Å². The molecule has 0 aliphatic carbocycles. The van der Waals surface area contributed by atoms with Gasteiger partial charge in [0.25, 0.3) is 0 Å². The molecule has 7 heteroatoms. The molecule has 0 saturated heterocycles. The average Bonchev–Trinajstić information content (AvgIpc) is 2.81.